The molecule has 142 valence electrons. The molecule has 6 nitrogen and oxygen atoms in total. The monoisotopic (exact) mass is 357 g/mol. The van der Waals surface area contributed by atoms with Gasteiger partial charge in [0.15, 0.2) is 0 Å². The van der Waals surface area contributed by atoms with Gasteiger partial charge in [-0.2, -0.15) is 0 Å². The third-order valence-electron chi connectivity index (χ3n) is 6.17. The van der Waals surface area contributed by atoms with E-state index < -0.39 is 0 Å². The zero-order valence-corrected chi connectivity index (χ0v) is 15.5. The minimum Gasteiger partial charge on any atom is -0.352 e. The molecular formula is C20H31N5O. The van der Waals surface area contributed by atoms with Crippen LogP contribution in [0, 0.1) is 0 Å². The lowest BCUT2D eigenvalue weighted by Crippen LogP contribution is -2.51. The molecule has 0 spiro atoms. The van der Waals surface area contributed by atoms with Crippen LogP contribution in [-0.2, 0) is 11.3 Å². The van der Waals surface area contributed by atoms with E-state index in [-0.39, 0.29) is 11.9 Å². The van der Waals surface area contributed by atoms with Crippen LogP contribution in [-0.4, -0.2) is 46.5 Å². The molecule has 3 N–H and O–H groups in total. The standard InChI is InChI=1S/C20H31N5O/c26-20(22-15-7-1-2-8-15)18-13-17(23-24-18)19-10-4-6-12-25(19)14-16-9-3-5-11-21-16/h3,5,9,11,15,17-19,23-24H,1-2,4,6-8,10,12-14H2,(H,22,26). The molecule has 1 aliphatic carbocycles. The second-order valence-corrected chi connectivity index (χ2v) is 8.03. The van der Waals surface area contributed by atoms with Gasteiger partial charge in [0.25, 0.3) is 0 Å². The molecule has 1 amide bonds. The molecule has 0 radical (unpaired) electrons. The minimum atomic E-state index is -0.112. The Bertz CT molecular complexity index is 589. The minimum absolute atomic E-state index is 0.112. The first-order valence-electron chi connectivity index (χ1n) is 10.2. The fourth-order valence-corrected chi connectivity index (χ4v) is 4.75. The number of hydrogen-bond donors (Lipinski definition) is 3. The lowest BCUT2D eigenvalue weighted by Gasteiger charge is -2.38. The topological polar surface area (TPSA) is 69.3 Å². The van der Waals surface area contributed by atoms with E-state index >= 15 is 0 Å². The molecule has 26 heavy (non-hydrogen) atoms. The maximum atomic E-state index is 12.6. The Kier molecular flexibility index (Phi) is 5.82. The van der Waals surface area contributed by atoms with E-state index in [1.807, 2.05) is 12.3 Å². The van der Waals surface area contributed by atoms with Crippen molar-refractivity contribution in [3.63, 3.8) is 0 Å². The summed E-state index contributed by atoms with van der Waals surface area (Å²) in [5.74, 6) is 0.166. The number of pyridine rings is 1. The second kappa shape index (κ2) is 8.46. The number of aromatic nitrogens is 1. The Balaban J connectivity index is 1.34. The quantitative estimate of drug-likeness (QED) is 0.749. The maximum absolute atomic E-state index is 12.6. The Morgan fingerprint density at radius 1 is 1.15 bits per heavy atom. The molecular weight excluding hydrogens is 326 g/mol. The molecule has 3 unspecified atom stereocenters. The van der Waals surface area contributed by atoms with Gasteiger partial charge in [0.05, 0.1) is 5.69 Å². The normalized spacial score (nSPS) is 30.5. The van der Waals surface area contributed by atoms with Crippen molar-refractivity contribution in [1.29, 1.82) is 0 Å². The maximum Gasteiger partial charge on any atom is 0.238 e. The van der Waals surface area contributed by atoms with E-state index in [2.05, 4.69) is 38.2 Å². The third kappa shape index (κ3) is 4.24. The van der Waals surface area contributed by atoms with Crippen LogP contribution >= 0.6 is 0 Å². The van der Waals surface area contributed by atoms with Crippen molar-refractivity contribution in [1.82, 2.24) is 26.1 Å². The summed E-state index contributed by atoms with van der Waals surface area (Å²) in [6.07, 6.45) is 11.2. The van der Waals surface area contributed by atoms with Crippen molar-refractivity contribution in [3.05, 3.63) is 30.1 Å². The number of hydrazine groups is 1. The largest absolute Gasteiger partial charge is 0.352 e. The predicted molar refractivity (Wildman–Crippen MR) is 101 cm³/mol. The zero-order chi connectivity index (χ0) is 17.8. The summed E-state index contributed by atoms with van der Waals surface area (Å²) >= 11 is 0. The molecule has 1 aromatic heterocycles. The summed E-state index contributed by atoms with van der Waals surface area (Å²) in [7, 11) is 0. The first-order valence-corrected chi connectivity index (χ1v) is 10.2. The van der Waals surface area contributed by atoms with Gasteiger partial charge in [0, 0.05) is 30.9 Å². The van der Waals surface area contributed by atoms with E-state index in [0.717, 1.165) is 38.0 Å². The van der Waals surface area contributed by atoms with Gasteiger partial charge in [-0.1, -0.05) is 25.3 Å². The summed E-state index contributed by atoms with van der Waals surface area (Å²) in [6.45, 7) is 2.00. The molecule has 3 fully saturated rings. The number of hydrogen-bond acceptors (Lipinski definition) is 5. The number of likely N-dealkylation sites (tertiary alicyclic amines) is 1. The van der Waals surface area contributed by atoms with Crippen LogP contribution in [0.5, 0.6) is 0 Å². The zero-order valence-electron chi connectivity index (χ0n) is 15.5. The van der Waals surface area contributed by atoms with Gasteiger partial charge in [-0.25, -0.2) is 5.43 Å². The Labute approximate surface area is 156 Å². The lowest BCUT2D eigenvalue weighted by molar-refractivity contribution is -0.123. The number of carbonyl (C=O) groups is 1. The molecule has 2 aliphatic heterocycles. The summed E-state index contributed by atoms with van der Waals surface area (Å²) in [5, 5.41) is 3.23. The van der Waals surface area contributed by atoms with Crippen LogP contribution in [0.1, 0.15) is 57.1 Å². The van der Waals surface area contributed by atoms with Crippen LogP contribution in [0.25, 0.3) is 0 Å². The summed E-state index contributed by atoms with van der Waals surface area (Å²) in [6, 6.07) is 7.18. The van der Waals surface area contributed by atoms with Crippen LogP contribution in [0.4, 0.5) is 0 Å². The highest BCUT2D eigenvalue weighted by molar-refractivity contribution is 5.82. The van der Waals surface area contributed by atoms with Crippen molar-refractivity contribution in [2.24, 2.45) is 0 Å². The Hall–Kier alpha value is -1.50. The van der Waals surface area contributed by atoms with Crippen molar-refractivity contribution >= 4 is 5.91 Å². The van der Waals surface area contributed by atoms with Crippen molar-refractivity contribution in [3.8, 4) is 0 Å². The highest BCUT2D eigenvalue weighted by Gasteiger charge is 2.38. The Morgan fingerprint density at radius 3 is 2.81 bits per heavy atom. The van der Waals surface area contributed by atoms with E-state index in [9.17, 15) is 4.79 Å². The van der Waals surface area contributed by atoms with Gasteiger partial charge in [0.2, 0.25) is 5.91 Å². The van der Waals surface area contributed by atoms with Gasteiger partial charge in [0.1, 0.15) is 6.04 Å². The van der Waals surface area contributed by atoms with Crippen LogP contribution in [0.3, 0.4) is 0 Å². The third-order valence-corrected chi connectivity index (χ3v) is 6.17. The summed E-state index contributed by atoms with van der Waals surface area (Å²) in [4.78, 5) is 19.6. The van der Waals surface area contributed by atoms with Gasteiger partial charge in [-0.05, 0) is 50.8 Å². The molecule has 3 aliphatic rings. The predicted octanol–water partition coefficient (Wildman–Crippen LogP) is 1.73. The second-order valence-electron chi connectivity index (χ2n) is 8.03. The van der Waals surface area contributed by atoms with Crippen LogP contribution < -0.4 is 16.2 Å². The van der Waals surface area contributed by atoms with Crippen molar-refractivity contribution in [2.45, 2.75) is 82.1 Å². The lowest BCUT2D eigenvalue weighted by atomic mass is 9.92. The van der Waals surface area contributed by atoms with Gasteiger partial charge >= 0.3 is 0 Å². The Morgan fingerprint density at radius 2 is 2.00 bits per heavy atom. The van der Waals surface area contributed by atoms with Crippen molar-refractivity contribution in [2.75, 3.05) is 6.54 Å². The number of rotatable bonds is 5. The van der Waals surface area contributed by atoms with Crippen LogP contribution in [0.2, 0.25) is 0 Å². The molecule has 0 aromatic carbocycles. The van der Waals surface area contributed by atoms with Gasteiger partial charge in [-0.15, -0.1) is 0 Å². The first-order chi connectivity index (χ1) is 12.8. The van der Waals surface area contributed by atoms with Crippen LogP contribution in [0.15, 0.2) is 24.4 Å². The highest BCUT2D eigenvalue weighted by atomic mass is 16.2. The number of amides is 1. The molecule has 1 aromatic rings. The van der Waals surface area contributed by atoms with E-state index in [0.29, 0.717) is 18.1 Å². The molecule has 6 heteroatoms. The summed E-state index contributed by atoms with van der Waals surface area (Å²) < 4.78 is 0. The smallest absolute Gasteiger partial charge is 0.238 e. The molecule has 4 rings (SSSR count). The summed E-state index contributed by atoms with van der Waals surface area (Å²) in [5.41, 5.74) is 7.81. The molecule has 3 heterocycles. The van der Waals surface area contributed by atoms with E-state index in [1.54, 1.807) is 0 Å². The number of nitrogens with one attached hydrogen (secondary N) is 3. The molecule has 0 bridgehead atoms. The molecule has 2 saturated heterocycles. The average molecular weight is 358 g/mol. The SMILES string of the molecule is O=C(NC1CCCC1)C1CC(C2CCCCN2Cc2ccccn2)NN1. The fraction of sp³-hybridized carbons (Fsp3) is 0.700. The number of piperidine rings is 1. The van der Waals surface area contributed by atoms with Crippen molar-refractivity contribution < 1.29 is 4.79 Å². The van der Waals surface area contributed by atoms with E-state index in [4.69, 9.17) is 0 Å². The fourth-order valence-electron chi connectivity index (χ4n) is 4.75. The highest BCUT2D eigenvalue weighted by Crippen LogP contribution is 2.25. The number of carbonyl (C=O) groups excluding carboxylic acids is 1. The first kappa shape index (κ1) is 17.9. The van der Waals surface area contributed by atoms with E-state index in [1.165, 1.54) is 32.1 Å². The molecule has 1 saturated carbocycles. The molecule has 3 atom stereocenters. The van der Waals surface area contributed by atoms with Gasteiger partial charge in [-0.3, -0.25) is 20.1 Å². The van der Waals surface area contributed by atoms with Gasteiger partial charge < -0.3 is 5.32 Å². The number of nitrogens with zero attached hydrogens (tertiary/aromatic N) is 2. The average Bonchev–Trinajstić information content (AvgIpc) is 3.35.